The highest BCUT2D eigenvalue weighted by molar-refractivity contribution is 5.88. The van der Waals surface area contributed by atoms with Crippen LogP contribution in [0.1, 0.15) is 12.5 Å². The van der Waals surface area contributed by atoms with Crippen molar-refractivity contribution in [3.05, 3.63) is 36.0 Å². The Bertz CT molecular complexity index is 648. The number of nitrogens with one attached hydrogen (secondary N) is 2. The van der Waals surface area contributed by atoms with Crippen molar-refractivity contribution in [3.8, 4) is 0 Å². The highest BCUT2D eigenvalue weighted by Crippen LogP contribution is 2.19. The largest absolute Gasteiger partial charge is 0.467 e. The van der Waals surface area contributed by atoms with Gasteiger partial charge in [0.25, 0.3) is 0 Å². The van der Waals surface area contributed by atoms with Gasteiger partial charge >= 0.3 is 5.97 Å². The molecule has 1 aromatic carbocycles. The molecule has 0 bridgehead atoms. The molecule has 6 heteroatoms. The van der Waals surface area contributed by atoms with Gasteiger partial charge in [-0.1, -0.05) is 18.2 Å². The molecule has 0 aliphatic heterocycles. The third-order valence-corrected chi connectivity index (χ3v) is 3.31. The zero-order valence-corrected chi connectivity index (χ0v) is 12.1. The van der Waals surface area contributed by atoms with Gasteiger partial charge in [0.05, 0.1) is 13.2 Å². The molecule has 2 aromatic rings. The van der Waals surface area contributed by atoms with Crippen LogP contribution in [0.4, 0.5) is 0 Å². The van der Waals surface area contributed by atoms with Crippen molar-refractivity contribution in [1.29, 1.82) is 0 Å². The highest BCUT2D eigenvalue weighted by Gasteiger charge is 2.24. The number of hydrogen-bond acceptors (Lipinski definition) is 4. The third-order valence-electron chi connectivity index (χ3n) is 3.31. The van der Waals surface area contributed by atoms with Crippen LogP contribution in [-0.2, 0) is 20.7 Å². The van der Waals surface area contributed by atoms with Crippen molar-refractivity contribution in [2.45, 2.75) is 25.4 Å². The minimum atomic E-state index is -0.757. The fraction of sp³-hybridized carbons (Fsp3) is 0.333. The molecular weight excluding hydrogens is 270 g/mol. The number of carbonyl (C=O) groups is 2. The van der Waals surface area contributed by atoms with E-state index in [0.29, 0.717) is 6.42 Å². The first-order valence-corrected chi connectivity index (χ1v) is 6.71. The average Bonchev–Trinajstić information content (AvgIpc) is 2.89. The van der Waals surface area contributed by atoms with Gasteiger partial charge in [-0.3, -0.25) is 4.79 Å². The topological polar surface area (TPSA) is 97.2 Å². The number of hydrogen-bond donors (Lipinski definition) is 3. The summed E-state index contributed by atoms with van der Waals surface area (Å²) >= 11 is 0. The van der Waals surface area contributed by atoms with Crippen LogP contribution in [0.2, 0.25) is 0 Å². The van der Waals surface area contributed by atoms with Gasteiger partial charge < -0.3 is 20.8 Å². The molecule has 1 aromatic heterocycles. The van der Waals surface area contributed by atoms with Crippen molar-refractivity contribution >= 4 is 22.8 Å². The van der Waals surface area contributed by atoms with E-state index in [4.69, 9.17) is 10.5 Å². The number of benzene rings is 1. The Morgan fingerprint density at radius 2 is 2.10 bits per heavy atom. The van der Waals surface area contributed by atoms with Crippen molar-refractivity contribution in [3.63, 3.8) is 0 Å². The first-order valence-electron chi connectivity index (χ1n) is 6.71. The van der Waals surface area contributed by atoms with Gasteiger partial charge in [-0.25, -0.2) is 4.79 Å². The van der Waals surface area contributed by atoms with Crippen LogP contribution < -0.4 is 11.1 Å². The number of rotatable bonds is 5. The number of nitrogens with two attached hydrogens (primary N) is 1. The second-order valence-electron chi connectivity index (χ2n) is 4.94. The molecule has 21 heavy (non-hydrogen) atoms. The normalized spacial score (nSPS) is 13.7. The first kappa shape index (κ1) is 15.1. The molecule has 0 aliphatic carbocycles. The smallest absolute Gasteiger partial charge is 0.328 e. The van der Waals surface area contributed by atoms with Crippen LogP contribution in [0.15, 0.2) is 30.5 Å². The highest BCUT2D eigenvalue weighted by atomic mass is 16.5. The summed E-state index contributed by atoms with van der Waals surface area (Å²) in [5.74, 6) is -0.875. The van der Waals surface area contributed by atoms with Crippen LogP contribution in [0, 0.1) is 0 Å². The second kappa shape index (κ2) is 6.41. The minimum absolute atomic E-state index is 0.342. The fourth-order valence-electron chi connectivity index (χ4n) is 2.16. The monoisotopic (exact) mass is 289 g/mol. The van der Waals surface area contributed by atoms with Crippen molar-refractivity contribution in [2.75, 3.05) is 7.11 Å². The lowest BCUT2D eigenvalue weighted by Crippen LogP contribution is -2.48. The van der Waals surface area contributed by atoms with E-state index in [9.17, 15) is 9.59 Å². The average molecular weight is 289 g/mol. The number of carbonyl (C=O) groups excluding carboxylic acids is 2. The fourth-order valence-corrected chi connectivity index (χ4v) is 2.16. The third kappa shape index (κ3) is 3.41. The molecule has 1 heterocycles. The number of ether oxygens (including phenoxy) is 1. The van der Waals surface area contributed by atoms with Gasteiger partial charge in [0.1, 0.15) is 6.04 Å². The van der Waals surface area contributed by atoms with Crippen molar-refractivity contribution in [2.24, 2.45) is 5.73 Å². The summed E-state index contributed by atoms with van der Waals surface area (Å²) in [7, 11) is 1.29. The maximum atomic E-state index is 11.8. The van der Waals surface area contributed by atoms with Gasteiger partial charge in [-0.05, 0) is 18.6 Å². The van der Waals surface area contributed by atoms with Crippen molar-refractivity contribution < 1.29 is 14.3 Å². The number of aromatic nitrogens is 1. The minimum Gasteiger partial charge on any atom is -0.467 e. The Kier molecular flexibility index (Phi) is 4.59. The summed E-state index contributed by atoms with van der Waals surface area (Å²) in [6.07, 6.45) is 2.17. The summed E-state index contributed by atoms with van der Waals surface area (Å²) in [6.45, 7) is 1.56. The molecule has 0 saturated heterocycles. The Morgan fingerprint density at radius 1 is 1.38 bits per heavy atom. The van der Waals surface area contributed by atoms with Gasteiger partial charge in [0, 0.05) is 23.5 Å². The number of esters is 1. The summed E-state index contributed by atoms with van der Waals surface area (Å²) in [5.41, 5.74) is 7.44. The molecule has 0 unspecified atom stereocenters. The summed E-state index contributed by atoms with van der Waals surface area (Å²) < 4.78 is 4.75. The Hall–Kier alpha value is -2.34. The van der Waals surface area contributed by atoms with Crippen molar-refractivity contribution in [1.82, 2.24) is 10.3 Å². The molecule has 0 saturated carbocycles. The second-order valence-corrected chi connectivity index (χ2v) is 4.94. The predicted octanol–water partition coefficient (Wildman–Crippen LogP) is 0.715. The molecule has 0 spiro atoms. The van der Waals surface area contributed by atoms with E-state index < -0.39 is 18.1 Å². The van der Waals surface area contributed by atoms with Crippen LogP contribution >= 0.6 is 0 Å². The molecule has 2 rings (SSSR count). The molecule has 2 atom stereocenters. The lowest BCUT2D eigenvalue weighted by atomic mass is 10.0. The van der Waals surface area contributed by atoms with E-state index in [2.05, 4.69) is 10.3 Å². The van der Waals surface area contributed by atoms with Crippen LogP contribution in [0.3, 0.4) is 0 Å². The van der Waals surface area contributed by atoms with E-state index in [-0.39, 0.29) is 5.91 Å². The number of amides is 1. The van der Waals surface area contributed by atoms with Crippen LogP contribution in [0.25, 0.3) is 10.9 Å². The van der Waals surface area contributed by atoms with Gasteiger partial charge in [-0.15, -0.1) is 0 Å². The summed E-state index contributed by atoms with van der Waals surface area (Å²) in [4.78, 5) is 26.7. The lowest BCUT2D eigenvalue weighted by molar-refractivity contribution is -0.145. The molecule has 0 aliphatic rings. The summed E-state index contributed by atoms with van der Waals surface area (Å²) in [5, 5.41) is 3.63. The number of para-hydroxylation sites is 1. The molecule has 0 fully saturated rings. The molecule has 4 N–H and O–H groups in total. The zero-order chi connectivity index (χ0) is 15.4. The maximum absolute atomic E-state index is 11.8. The molecule has 112 valence electrons. The standard InChI is InChI=1S/C15H19N3O3/c1-9(16)14(19)18-13(15(20)21-2)7-10-8-17-12-6-4-3-5-11(10)12/h3-6,8-9,13,17H,7,16H2,1-2H3,(H,18,19)/t9-,13+/m0/s1. The quantitative estimate of drug-likeness (QED) is 0.706. The first-order chi connectivity index (χ1) is 10.0. The van der Waals surface area contributed by atoms with E-state index in [1.54, 1.807) is 6.92 Å². The number of methoxy groups -OCH3 is 1. The van der Waals surface area contributed by atoms with Gasteiger partial charge in [-0.2, -0.15) is 0 Å². The Morgan fingerprint density at radius 3 is 2.76 bits per heavy atom. The number of H-pyrrole nitrogens is 1. The van der Waals surface area contributed by atoms with E-state index in [1.165, 1.54) is 7.11 Å². The van der Waals surface area contributed by atoms with Crippen LogP contribution in [-0.4, -0.2) is 36.1 Å². The predicted molar refractivity (Wildman–Crippen MR) is 79.6 cm³/mol. The maximum Gasteiger partial charge on any atom is 0.328 e. The van der Waals surface area contributed by atoms with E-state index in [1.807, 2.05) is 30.5 Å². The van der Waals surface area contributed by atoms with E-state index >= 15 is 0 Å². The van der Waals surface area contributed by atoms with Crippen LogP contribution in [0.5, 0.6) is 0 Å². The number of aromatic amines is 1. The lowest BCUT2D eigenvalue weighted by Gasteiger charge is -2.17. The van der Waals surface area contributed by atoms with Gasteiger partial charge in [0.2, 0.25) is 5.91 Å². The number of fused-ring (bicyclic) bond motifs is 1. The molecule has 0 radical (unpaired) electrons. The summed E-state index contributed by atoms with van der Waals surface area (Å²) in [6, 6.07) is 6.33. The molecule has 6 nitrogen and oxygen atoms in total. The van der Waals surface area contributed by atoms with E-state index in [0.717, 1.165) is 16.5 Å². The Balaban J connectivity index is 2.22. The Labute approximate surface area is 122 Å². The molecular formula is C15H19N3O3. The SMILES string of the molecule is COC(=O)[C@@H](Cc1c[nH]c2ccccc12)NC(=O)[C@H](C)N. The zero-order valence-electron chi connectivity index (χ0n) is 12.1. The van der Waals surface area contributed by atoms with Gasteiger partial charge in [0.15, 0.2) is 0 Å². The molecule has 1 amide bonds.